The largest absolute Gasteiger partial charge is 0.497 e. The minimum Gasteiger partial charge on any atom is -0.497 e. The number of ether oxygens (including phenoxy) is 4. The van der Waals surface area contributed by atoms with Crippen LogP contribution in [0.15, 0.2) is 54.6 Å². The Hall–Kier alpha value is -3.72. The molecule has 0 amide bonds. The number of hydrogen-bond donors (Lipinski definition) is 1. The average Bonchev–Trinajstić information content (AvgIpc) is 3.36. The van der Waals surface area contributed by atoms with Gasteiger partial charge in [-0.2, -0.15) is 0 Å². The van der Waals surface area contributed by atoms with E-state index < -0.39 is 12.3 Å². The molecule has 0 fully saturated rings. The van der Waals surface area contributed by atoms with E-state index in [4.69, 9.17) is 24.7 Å². The van der Waals surface area contributed by atoms with E-state index in [2.05, 4.69) is 17.0 Å². The molecule has 1 aliphatic rings. The van der Waals surface area contributed by atoms with Crippen molar-refractivity contribution in [3.05, 3.63) is 88.2 Å². The molecule has 2 atom stereocenters. The molecule has 0 radical (unpaired) electrons. The molecular formula is C31H35FN2O5. The van der Waals surface area contributed by atoms with Gasteiger partial charge in [0.15, 0.2) is 6.29 Å². The van der Waals surface area contributed by atoms with Crippen LogP contribution in [0, 0.1) is 5.82 Å². The second kappa shape index (κ2) is 12.4. The van der Waals surface area contributed by atoms with Crippen LogP contribution < -0.4 is 15.2 Å². The van der Waals surface area contributed by atoms with Crippen LogP contribution in [-0.2, 0) is 33.8 Å². The molecule has 0 aromatic heterocycles. The molecule has 206 valence electrons. The molecule has 2 unspecified atom stereocenters. The van der Waals surface area contributed by atoms with Gasteiger partial charge in [-0.3, -0.25) is 9.69 Å². The summed E-state index contributed by atoms with van der Waals surface area (Å²) in [4.78, 5) is 14.6. The van der Waals surface area contributed by atoms with E-state index in [0.717, 1.165) is 22.3 Å². The molecule has 3 aromatic rings. The van der Waals surface area contributed by atoms with Crippen molar-refractivity contribution >= 4 is 12.0 Å². The summed E-state index contributed by atoms with van der Waals surface area (Å²) < 4.78 is 37.3. The van der Waals surface area contributed by atoms with Crippen LogP contribution in [0.5, 0.6) is 11.5 Å². The van der Waals surface area contributed by atoms with Gasteiger partial charge < -0.3 is 24.7 Å². The van der Waals surface area contributed by atoms with Crippen molar-refractivity contribution in [3.8, 4) is 22.6 Å². The van der Waals surface area contributed by atoms with Crippen molar-refractivity contribution in [1.82, 2.24) is 4.90 Å². The molecule has 0 spiro atoms. The van der Waals surface area contributed by atoms with E-state index in [9.17, 15) is 4.79 Å². The third-order valence-electron chi connectivity index (χ3n) is 6.81. The lowest BCUT2D eigenvalue weighted by Crippen LogP contribution is -2.18. The summed E-state index contributed by atoms with van der Waals surface area (Å²) in [5.74, 6) is 0.360. The fourth-order valence-corrected chi connectivity index (χ4v) is 4.71. The van der Waals surface area contributed by atoms with Gasteiger partial charge in [-0.15, -0.1) is 0 Å². The summed E-state index contributed by atoms with van der Waals surface area (Å²) in [6, 6.07) is 14.7. The summed E-state index contributed by atoms with van der Waals surface area (Å²) in [7, 11) is 7.05. The fourth-order valence-electron chi connectivity index (χ4n) is 4.71. The molecule has 3 aromatic carbocycles. The smallest absolute Gasteiger partial charge is 0.312 e. The number of hydrogen-bond acceptors (Lipinski definition) is 7. The van der Waals surface area contributed by atoms with Crippen LogP contribution in [0.3, 0.4) is 0 Å². The summed E-state index contributed by atoms with van der Waals surface area (Å²) in [5, 5.41) is 0. The number of benzene rings is 3. The lowest BCUT2D eigenvalue weighted by Gasteiger charge is -2.22. The first kappa shape index (κ1) is 28.3. The zero-order valence-corrected chi connectivity index (χ0v) is 23.0. The SMILES string of the molecule is COc1ccc(OCc2cc(-c3cccc(CN)c3F)c3c(c2)C(N(C)C)C=C3)c(CC(=O)OC(C)OC)c1. The first-order chi connectivity index (χ1) is 18.7. The van der Waals surface area contributed by atoms with E-state index in [1.165, 1.54) is 7.11 Å². The zero-order chi connectivity index (χ0) is 28.1. The van der Waals surface area contributed by atoms with Crippen LogP contribution >= 0.6 is 0 Å². The predicted molar refractivity (Wildman–Crippen MR) is 149 cm³/mol. The number of halogens is 1. The number of rotatable bonds is 11. The number of esters is 1. The van der Waals surface area contributed by atoms with Gasteiger partial charge in [0.05, 0.1) is 19.6 Å². The van der Waals surface area contributed by atoms with E-state index in [1.54, 1.807) is 44.4 Å². The normalized spacial score (nSPS) is 14.8. The number of nitrogens with zero attached hydrogens (tertiary/aromatic N) is 1. The van der Waals surface area contributed by atoms with Gasteiger partial charge in [-0.25, -0.2) is 4.39 Å². The molecule has 0 bridgehead atoms. The maximum atomic E-state index is 15.4. The van der Waals surface area contributed by atoms with Gasteiger partial charge in [-0.05, 0) is 73.6 Å². The summed E-state index contributed by atoms with van der Waals surface area (Å²) in [6.45, 7) is 1.97. The zero-order valence-electron chi connectivity index (χ0n) is 23.0. The van der Waals surface area contributed by atoms with E-state index in [1.807, 2.05) is 32.3 Å². The molecule has 0 saturated heterocycles. The number of nitrogens with two attached hydrogens (primary N) is 1. The first-order valence-electron chi connectivity index (χ1n) is 12.8. The number of carbonyl (C=O) groups excluding carboxylic acids is 1. The quantitative estimate of drug-likeness (QED) is 0.266. The number of methoxy groups -OCH3 is 2. The summed E-state index contributed by atoms with van der Waals surface area (Å²) in [5.41, 5.74) is 11.1. The maximum Gasteiger partial charge on any atom is 0.312 e. The Morgan fingerprint density at radius 1 is 1.08 bits per heavy atom. The molecule has 7 nitrogen and oxygen atoms in total. The van der Waals surface area contributed by atoms with Crippen molar-refractivity contribution in [2.45, 2.75) is 38.8 Å². The van der Waals surface area contributed by atoms with Crippen molar-refractivity contribution in [1.29, 1.82) is 0 Å². The number of fused-ring (bicyclic) bond motifs is 1. The third kappa shape index (κ3) is 6.30. The Labute approximate surface area is 228 Å². The summed E-state index contributed by atoms with van der Waals surface area (Å²) in [6.07, 6.45) is 3.48. The molecule has 1 aliphatic carbocycles. The monoisotopic (exact) mass is 534 g/mol. The number of likely N-dealkylation sites (N-methyl/N-ethyl adjacent to an activating group) is 1. The van der Waals surface area contributed by atoms with E-state index in [-0.39, 0.29) is 31.4 Å². The molecule has 39 heavy (non-hydrogen) atoms. The average molecular weight is 535 g/mol. The Balaban J connectivity index is 1.68. The Kier molecular flexibility index (Phi) is 9.01. The van der Waals surface area contributed by atoms with Crippen molar-refractivity contribution in [2.75, 3.05) is 28.3 Å². The number of carbonyl (C=O) groups is 1. The van der Waals surface area contributed by atoms with Crippen LogP contribution in [0.2, 0.25) is 0 Å². The van der Waals surface area contributed by atoms with Gasteiger partial charge in [0.2, 0.25) is 0 Å². The molecule has 0 heterocycles. The van der Waals surface area contributed by atoms with Crippen LogP contribution in [0.25, 0.3) is 17.2 Å². The minimum absolute atomic E-state index is 0.0145. The van der Waals surface area contributed by atoms with E-state index >= 15 is 4.39 Å². The van der Waals surface area contributed by atoms with Crippen LogP contribution in [0.1, 0.15) is 40.8 Å². The minimum atomic E-state index is -0.659. The second-order valence-electron chi connectivity index (χ2n) is 9.63. The highest BCUT2D eigenvalue weighted by atomic mass is 19.1. The fraction of sp³-hybridized carbons (Fsp3) is 0.323. The summed E-state index contributed by atoms with van der Waals surface area (Å²) >= 11 is 0. The van der Waals surface area contributed by atoms with Gasteiger partial charge in [0, 0.05) is 30.3 Å². The maximum absolute atomic E-state index is 15.4. The van der Waals surface area contributed by atoms with Crippen molar-refractivity contribution in [3.63, 3.8) is 0 Å². The lowest BCUT2D eigenvalue weighted by molar-refractivity contribution is -0.168. The van der Waals surface area contributed by atoms with Gasteiger partial charge >= 0.3 is 5.97 Å². The second-order valence-corrected chi connectivity index (χ2v) is 9.63. The topological polar surface area (TPSA) is 83.3 Å². The lowest BCUT2D eigenvalue weighted by atomic mass is 9.92. The molecule has 0 saturated carbocycles. The Morgan fingerprint density at radius 2 is 1.87 bits per heavy atom. The molecule has 8 heteroatoms. The van der Waals surface area contributed by atoms with E-state index in [0.29, 0.717) is 28.2 Å². The standard InChI is InChI=1S/C31H35FN2O5/c1-19(36-4)39-30(35)16-22-15-23(37-5)9-12-29(22)38-18-20-13-26(25-8-6-7-21(17-33)31(25)32)24-10-11-28(34(2)3)27(24)14-20/h6-15,19,28H,16-18,33H2,1-5H3. The van der Waals surface area contributed by atoms with Crippen molar-refractivity contribution < 1.29 is 28.1 Å². The van der Waals surface area contributed by atoms with Crippen LogP contribution in [-0.4, -0.2) is 45.5 Å². The Bertz CT molecular complexity index is 1370. The third-order valence-corrected chi connectivity index (χ3v) is 6.81. The highest BCUT2D eigenvalue weighted by Gasteiger charge is 2.25. The van der Waals surface area contributed by atoms with Gasteiger partial charge in [0.25, 0.3) is 0 Å². The molecule has 2 N–H and O–H groups in total. The molecule has 0 aliphatic heterocycles. The predicted octanol–water partition coefficient (Wildman–Crippen LogP) is 5.25. The van der Waals surface area contributed by atoms with Gasteiger partial charge in [-0.1, -0.05) is 30.4 Å². The van der Waals surface area contributed by atoms with Crippen LogP contribution in [0.4, 0.5) is 4.39 Å². The van der Waals surface area contributed by atoms with Gasteiger partial charge in [0.1, 0.15) is 23.9 Å². The highest BCUT2D eigenvalue weighted by molar-refractivity contribution is 5.81. The Morgan fingerprint density at radius 3 is 2.56 bits per heavy atom. The molecular weight excluding hydrogens is 499 g/mol. The first-order valence-corrected chi connectivity index (χ1v) is 12.8. The molecule has 4 rings (SSSR count). The van der Waals surface area contributed by atoms with Crippen molar-refractivity contribution in [2.24, 2.45) is 5.73 Å². The highest BCUT2D eigenvalue weighted by Crippen LogP contribution is 2.40.